The molecule has 0 saturated heterocycles. The highest BCUT2D eigenvalue weighted by atomic mass is 16.6. The second kappa shape index (κ2) is 7.08. The number of esters is 1. The van der Waals surface area contributed by atoms with Gasteiger partial charge in [0.1, 0.15) is 5.60 Å². The number of hydrogen-bond acceptors (Lipinski definition) is 2. The van der Waals surface area contributed by atoms with Crippen molar-refractivity contribution in [2.75, 3.05) is 0 Å². The maximum atomic E-state index is 11.9. The average molecular weight is 294 g/mol. The van der Waals surface area contributed by atoms with Crippen LogP contribution in [0.1, 0.15) is 37.8 Å². The number of benzene rings is 2. The number of carbonyl (C=O) groups excluding carboxylic acids is 1. The van der Waals surface area contributed by atoms with E-state index in [0.717, 1.165) is 11.1 Å². The van der Waals surface area contributed by atoms with E-state index in [0.29, 0.717) is 0 Å². The van der Waals surface area contributed by atoms with Crippen molar-refractivity contribution in [2.45, 2.75) is 32.3 Å². The van der Waals surface area contributed by atoms with Crippen LogP contribution in [0.3, 0.4) is 0 Å². The van der Waals surface area contributed by atoms with Crippen LogP contribution in [0.2, 0.25) is 0 Å². The quantitative estimate of drug-likeness (QED) is 0.602. The van der Waals surface area contributed by atoms with E-state index in [1.54, 1.807) is 0 Å². The fourth-order valence-electron chi connectivity index (χ4n) is 2.25. The SMILES string of the molecule is CC(C)(C)OC(=O)/C=C/C(c1ccccc1)c1ccccc1. The lowest BCUT2D eigenvalue weighted by molar-refractivity contribution is -0.148. The fourth-order valence-corrected chi connectivity index (χ4v) is 2.25. The molecule has 0 radical (unpaired) electrons. The van der Waals surface area contributed by atoms with Crippen LogP contribution >= 0.6 is 0 Å². The molecular formula is C20H22O2. The van der Waals surface area contributed by atoms with Crippen LogP contribution in [0.4, 0.5) is 0 Å². The molecule has 114 valence electrons. The maximum absolute atomic E-state index is 11.9. The van der Waals surface area contributed by atoms with Crippen LogP contribution in [-0.2, 0) is 9.53 Å². The summed E-state index contributed by atoms with van der Waals surface area (Å²) in [4.78, 5) is 11.9. The predicted molar refractivity (Wildman–Crippen MR) is 89.7 cm³/mol. The molecule has 2 aromatic carbocycles. The van der Waals surface area contributed by atoms with Gasteiger partial charge in [0.05, 0.1) is 0 Å². The summed E-state index contributed by atoms with van der Waals surface area (Å²) in [5.41, 5.74) is 1.82. The largest absolute Gasteiger partial charge is 0.457 e. The molecule has 0 atom stereocenters. The van der Waals surface area contributed by atoms with E-state index >= 15 is 0 Å². The molecule has 0 aliphatic rings. The number of hydrogen-bond donors (Lipinski definition) is 0. The van der Waals surface area contributed by atoms with Gasteiger partial charge < -0.3 is 4.74 Å². The van der Waals surface area contributed by atoms with E-state index in [9.17, 15) is 4.79 Å². The van der Waals surface area contributed by atoms with Gasteiger partial charge in [-0.05, 0) is 31.9 Å². The minimum Gasteiger partial charge on any atom is -0.457 e. The molecule has 22 heavy (non-hydrogen) atoms. The van der Waals surface area contributed by atoms with Crippen molar-refractivity contribution >= 4 is 5.97 Å². The second-order valence-corrected chi connectivity index (χ2v) is 6.19. The Balaban J connectivity index is 2.25. The number of rotatable bonds is 4. The molecule has 2 heteroatoms. The molecule has 2 rings (SSSR count). The summed E-state index contributed by atoms with van der Waals surface area (Å²) in [5, 5.41) is 0. The van der Waals surface area contributed by atoms with Gasteiger partial charge in [-0.1, -0.05) is 66.7 Å². The molecule has 0 N–H and O–H groups in total. The molecule has 0 unspecified atom stereocenters. The van der Waals surface area contributed by atoms with Gasteiger partial charge in [-0.3, -0.25) is 0 Å². The van der Waals surface area contributed by atoms with Crippen LogP contribution < -0.4 is 0 Å². The van der Waals surface area contributed by atoms with Gasteiger partial charge in [0.2, 0.25) is 0 Å². The molecule has 0 fully saturated rings. The molecule has 0 amide bonds. The van der Waals surface area contributed by atoms with Crippen molar-refractivity contribution in [2.24, 2.45) is 0 Å². The van der Waals surface area contributed by atoms with Gasteiger partial charge in [0.25, 0.3) is 0 Å². The van der Waals surface area contributed by atoms with Gasteiger partial charge >= 0.3 is 5.97 Å². The van der Waals surface area contributed by atoms with E-state index in [-0.39, 0.29) is 11.9 Å². The average Bonchev–Trinajstić information content (AvgIpc) is 2.48. The lowest BCUT2D eigenvalue weighted by atomic mass is 9.91. The fraction of sp³-hybridized carbons (Fsp3) is 0.250. The molecule has 0 saturated carbocycles. The van der Waals surface area contributed by atoms with E-state index in [1.807, 2.05) is 63.2 Å². The van der Waals surface area contributed by atoms with Gasteiger partial charge in [0.15, 0.2) is 0 Å². The summed E-state index contributed by atoms with van der Waals surface area (Å²) >= 11 is 0. The lowest BCUT2D eigenvalue weighted by Gasteiger charge is -2.18. The second-order valence-electron chi connectivity index (χ2n) is 6.19. The standard InChI is InChI=1S/C20H22O2/c1-20(2,3)22-19(21)15-14-18(16-10-6-4-7-11-16)17-12-8-5-9-13-17/h4-15,18H,1-3H3/b15-14+. The van der Waals surface area contributed by atoms with Crippen LogP contribution in [-0.4, -0.2) is 11.6 Å². The van der Waals surface area contributed by atoms with Crippen molar-refractivity contribution in [1.29, 1.82) is 0 Å². The van der Waals surface area contributed by atoms with E-state index in [1.165, 1.54) is 6.08 Å². The number of carbonyl (C=O) groups is 1. The number of ether oxygens (including phenoxy) is 1. The highest BCUT2D eigenvalue weighted by Crippen LogP contribution is 2.25. The van der Waals surface area contributed by atoms with Crippen LogP contribution in [0.5, 0.6) is 0 Å². The molecule has 0 bridgehead atoms. The van der Waals surface area contributed by atoms with Crippen molar-refractivity contribution < 1.29 is 9.53 Å². The molecule has 0 aliphatic carbocycles. The van der Waals surface area contributed by atoms with Crippen molar-refractivity contribution in [3.8, 4) is 0 Å². The van der Waals surface area contributed by atoms with Crippen LogP contribution in [0.15, 0.2) is 72.8 Å². The molecular weight excluding hydrogens is 272 g/mol. The van der Waals surface area contributed by atoms with Gasteiger partial charge in [-0.15, -0.1) is 0 Å². The Morgan fingerprint density at radius 3 is 1.77 bits per heavy atom. The third kappa shape index (κ3) is 4.88. The summed E-state index contributed by atoms with van der Waals surface area (Å²) in [6.45, 7) is 5.60. The Bertz CT molecular complexity index is 582. The zero-order valence-electron chi connectivity index (χ0n) is 13.3. The van der Waals surface area contributed by atoms with Gasteiger partial charge in [-0.2, -0.15) is 0 Å². The molecule has 0 heterocycles. The summed E-state index contributed by atoms with van der Waals surface area (Å²) in [7, 11) is 0. The zero-order chi connectivity index (χ0) is 16.0. The minimum absolute atomic E-state index is 0.0370. The third-order valence-corrected chi connectivity index (χ3v) is 3.15. The first-order chi connectivity index (χ1) is 10.5. The summed E-state index contributed by atoms with van der Waals surface area (Å²) < 4.78 is 5.33. The van der Waals surface area contributed by atoms with Gasteiger partial charge in [0, 0.05) is 12.0 Å². The highest BCUT2D eigenvalue weighted by Gasteiger charge is 2.15. The Kier molecular flexibility index (Phi) is 5.16. The summed E-state index contributed by atoms with van der Waals surface area (Å²) in [6, 6.07) is 20.3. The summed E-state index contributed by atoms with van der Waals surface area (Å²) in [5.74, 6) is -0.278. The zero-order valence-corrected chi connectivity index (χ0v) is 13.3. The van der Waals surface area contributed by atoms with Gasteiger partial charge in [-0.25, -0.2) is 4.79 Å². The minimum atomic E-state index is -0.476. The molecule has 0 spiro atoms. The number of allylic oxidation sites excluding steroid dienone is 1. The maximum Gasteiger partial charge on any atom is 0.330 e. The Morgan fingerprint density at radius 2 is 1.36 bits per heavy atom. The van der Waals surface area contributed by atoms with Crippen molar-refractivity contribution in [3.05, 3.63) is 83.9 Å². The first-order valence-electron chi connectivity index (χ1n) is 7.47. The predicted octanol–water partition coefficient (Wildman–Crippen LogP) is 4.72. The highest BCUT2D eigenvalue weighted by molar-refractivity contribution is 5.82. The monoisotopic (exact) mass is 294 g/mol. The normalized spacial score (nSPS) is 11.8. The molecule has 0 aliphatic heterocycles. The van der Waals surface area contributed by atoms with E-state index in [4.69, 9.17) is 4.74 Å². The van der Waals surface area contributed by atoms with E-state index in [2.05, 4.69) is 24.3 Å². The van der Waals surface area contributed by atoms with E-state index < -0.39 is 5.60 Å². The van der Waals surface area contributed by atoms with Crippen molar-refractivity contribution in [1.82, 2.24) is 0 Å². The van der Waals surface area contributed by atoms with Crippen LogP contribution in [0.25, 0.3) is 0 Å². The summed E-state index contributed by atoms with van der Waals surface area (Å²) in [6.07, 6.45) is 3.43. The molecule has 2 nitrogen and oxygen atoms in total. The smallest absolute Gasteiger partial charge is 0.330 e. The topological polar surface area (TPSA) is 26.3 Å². The van der Waals surface area contributed by atoms with Crippen molar-refractivity contribution in [3.63, 3.8) is 0 Å². The molecule has 2 aromatic rings. The molecule has 0 aromatic heterocycles. The lowest BCUT2D eigenvalue weighted by Crippen LogP contribution is -2.22. The first-order valence-corrected chi connectivity index (χ1v) is 7.47. The Morgan fingerprint density at radius 1 is 0.909 bits per heavy atom. The Hall–Kier alpha value is -2.35. The third-order valence-electron chi connectivity index (χ3n) is 3.15. The first kappa shape index (κ1) is 16.0. The van der Waals surface area contributed by atoms with Crippen LogP contribution in [0, 0.1) is 0 Å². The Labute approximate surface area is 132 Å².